The maximum Gasteiger partial charge on any atom is 0.199 e. The first-order valence-electron chi connectivity index (χ1n) is 8.54. The number of piperidine rings is 1. The zero-order chi connectivity index (χ0) is 16.1. The normalized spacial score (nSPS) is 20.0. The second-order valence-corrected chi connectivity index (χ2v) is 7.23. The minimum Gasteiger partial charge on any atom is -0.388 e. The van der Waals surface area contributed by atoms with Crippen LogP contribution in [0.25, 0.3) is 0 Å². The molecule has 1 unspecified atom stereocenters. The van der Waals surface area contributed by atoms with E-state index in [4.69, 9.17) is 12.2 Å². The predicted molar refractivity (Wildman–Crippen MR) is 91.0 cm³/mol. The van der Waals surface area contributed by atoms with Crippen molar-refractivity contribution >= 4 is 12.2 Å². The maximum atomic E-state index is 9.47. The lowest BCUT2D eigenvalue weighted by Crippen LogP contribution is -2.37. The lowest BCUT2D eigenvalue weighted by molar-refractivity contribution is 0.120. The Hall–Kier alpha value is -0.720. The highest BCUT2D eigenvalue weighted by atomic mass is 32.1. The number of aliphatic hydroxyl groups excluding tert-OH is 1. The summed E-state index contributed by atoms with van der Waals surface area (Å²) in [4.78, 5) is 2.46. The molecule has 0 amide bonds. The Labute approximate surface area is 138 Å². The Morgan fingerprint density at radius 2 is 2.18 bits per heavy atom. The zero-order valence-electron chi connectivity index (χ0n) is 14.2. The number of aliphatic hydroxyl groups is 1. The fourth-order valence-corrected chi connectivity index (χ4v) is 3.77. The van der Waals surface area contributed by atoms with E-state index in [-0.39, 0.29) is 6.61 Å². The number of likely N-dealkylation sites (tertiary alicyclic amines) is 1. The molecule has 0 saturated carbocycles. The van der Waals surface area contributed by atoms with Gasteiger partial charge in [-0.05, 0) is 56.3 Å². The minimum atomic E-state index is -0.0490. The third-order valence-electron chi connectivity index (χ3n) is 4.33. The molecule has 1 aliphatic heterocycles. The van der Waals surface area contributed by atoms with Crippen LogP contribution in [-0.2, 0) is 19.8 Å². The molecular formula is C16H30N4OS. The Kier molecular flexibility index (Phi) is 6.59. The van der Waals surface area contributed by atoms with E-state index in [1.54, 1.807) is 0 Å². The van der Waals surface area contributed by atoms with Crippen molar-refractivity contribution in [2.45, 2.75) is 66.3 Å². The zero-order valence-corrected chi connectivity index (χ0v) is 15.0. The number of nitrogens with zero attached hydrogens (tertiary/aromatic N) is 4. The number of hydrogen-bond acceptors (Lipinski definition) is 4. The molecule has 5 nitrogen and oxygen atoms in total. The number of hydrogen-bond donors (Lipinski definition) is 1. The molecule has 1 saturated heterocycles. The average molecular weight is 327 g/mol. The molecular weight excluding hydrogens is 296 g/mol. The van der Waals surface area contributed by atoms with Crippen molar-refractivity contribution in [3.05, 3.63) is 10.6 Å². The summed E-state index contributed by atoms with van der Waals surface area (Å²) < 4.78 is 4.58. The Morgan fingerprint density at radius 3 is 2.82 bits per heavy atom. The van der Waals surface area contributed by atoms with E-state index in [9.17, 15) is 5.11 Å². The molecule has 0 aliphatic carbocycles. The van der Waals surface area contributed by atoms with E-state index in [0.29, 0.717) is 5.82 Å². The Balaban J connectivity index is 2.05. The summed E-state index contributed by atoms with van der Waals surface area (Å²) in [5, 5.41) is 14.0. The molecule has 1 N–H and O–H groups in total. The molecule has 2 heterocycles. The highest BCUT2D eigenvalue weighted by molar-refractivity contribution is 7.71. The molecule has 1 atom stereocenters. The van der Waals surface area contributed by atoms with Crippen LogP contribution in [-0.4, -0.2) is 37.4 Å². The Bertz CT molecular complexity index is 523. The SMILES string of the molecule is CCCn1c(CO)nn(CN2CCCC(CC(C)C)C2)c1=S. The molecule has 2 rings (SSSR count). The van der Waals surface area contributed by atoms with Gasteiger partial charge in [0.25, 0.3) is 0 Å². The van der Waals surface area contributed by atoms with Crippen LogP contribution >= 0.6 is 12.2 Å². The van der Waals surface area contributed by atoms with Gasteiger partial charge in [-0.2, -0.15) is 5.10 Å². The van der Waals surface area contributed by atoms with Crippen LogP contribution < -0.4 is 0 Å². The third-order valence-corrected chi connectivity index (χ3v) is 4.76. The fourth-order valence-electron chi connectivity index (χ4n) is 3.47. The van der Waals surface area contributed by atoms with Crippen LogP contribution in [0.2, 0.25) is 0 Å². The van der Waals surface area contributed by atoms with E-state index in [1.807, 2.05) is 9.25 Å². The summed E-state index contributed by atoms with van der Waals surface area (Å²) in [6, 6.07) is 0. The molecule has 1 fully saturated rings. The first kappa shape index (κ1) is 17.6. The van der Waals surface area contributed by atoms with Gasteiger partial charge in [-0.25, -0.2) is 4.68 Å². The van der Waals surface area contributed by atoms with E-state index in [2.05, 4.69) is 30.8 Å². The van der Waals surface area contributed by atoms with Gasteiger partial charge in [0, 0.05) is 13.1 Å². The minimum absolute atomic E-state index is 0.0490. The van der Waals surface area contributed by atoms with Gasteiger partial charge in [0.2, 0.25) is 0 Å². The summed E-state index contributed by atoms with van der Waals surface area (Å²) in [7, 11) is 0. The van der Waals surface area contributed by atoms with Gasteiger partial charge in [-0.3, -0.25) is 4.90 Å². The molecule has 1 aromatic rings. The third kappa shape index (κ3) is 4.40. The Morgan fingerprint density at radius 1 is 1.41 bits per heavy atom. The number of rotatable bonds is 7. The summed E-state index contributed by atoms with van der Waals surface area (Å²) in [5.41, 5.74) is 0. The monoisotopic (exact) mass is 326 g/mol. The smallest absolute Gasteiger partial charge is 0.199 e. The average Bonchev–Trinajstić information content (AvgIpc) is 2.76. The second-order valence-electron chi connectivity index (χ2n) is 6.86. The summed E-state index contributed by atoms with van der Waals surface area (Å²) >= 11 is 5.54. The van der Waals surface area contributed by atoms with E-state index in [1.165, 1.54) is 19.3 Å². The van der Waals surface area contributed by atoms with Crippen LogP contribution in [0.5, 0.6) is 0 Å². The molecule has 0 radical (unpaired) electrons. The van der Waals surface area contributed by atoms with E-state index < -0.39 is 0 Å². The molecule has 6 heteroatoms. The van der Waals surface area contributed by atoms with Gasteiger partial charge in [0.1, 0.15) is 6.61 Å². The van der Waals surface area contributed by atoms with Crippen LogP contribution in [0.15, 0.2) is 0 Å². The first-order valence-corrected chi connectivity index (χ1v) is 8.95. The van der Waals surface area contributed by atoms with Gasteiger partial charge in [0.15, 0.2) is 10.6 Å². The van der Waals surface area contributed by atoms with Crippen molar-refractivity contribution < 1.29 is 5.11 Å². The van der Waals surface area contributed by atoms with Crippen LogP contribution in [0.1, 0.15) is 52.3 Å². The van der Waals surface area contributed by atoms with Crippen molar-refractivity contribution in [3.63, 3.8) is 0 Å². The summed E-state index contributed by atoms with van der Waals surface area (Å²) in [6.45, 7) is 10.5. The molecule has 0 spiro atoms. The van der Waals surface area contributed by atoms with Crippen molar-refractivity contribution in [3.8, 4) is 0 Å². The van der Waals surface area contributed by atoms with Gasteiger partial charge in [0.05, 0.1) is 6.67 Å². The standard InChI is InChI=1S/C16H30N4OS/c1-4-7-19-15(11-21)17-20(16(19)22)12-18-8-5-6-14(10-18)9-13(2)3/h13-14,21H,4-12H2,1-3H3. The van der Waals surface area contributed by atoms with E-state index >= 15 is 0 Å². The van der Waals surface area contributed by atoms with E-state index in [0.717, 1.165) is 49.3 Å². The topological polar surface area (TPSA) is 46.2 Å². The quantitative estimate of drug-likeness (QED) is 0.782. The van der Waals surface area contributed by atoms with Crippen molar-refractivity contribution in [1.82, 2.24) is 19.2 Å². The molecule has 1 aliphatic rings. The van der Waals surface area contributed by atoms with Gasteiger partial charge < -0.3 is 9.67 Å². The lowest BCUT2D eigenvalue weighted by atomic mass is 9.90. The molecule has 22 heavy (non-hydrogen) atoms. The van der Waals surface area contributed by atoms with Gasteiger partial charge in [-0.15, -0.1) is 0 Å². The molecule has 126 valence electrons. The fraction of sp³-hybridized carbons (Fsp3) is 0.875. The first-order chi connectivity index (χ1) is 10.5. The second kappa shape index (κ2) is 8.22. The summed E-state index contributed by atoms with van der Waals surface area (Å²) in [6.07, 6.45) is 4.89. The highest BCUT2D eigenvalue weighted by Gasteiger charge is 2.21. The molecule has 0 aromatic carbocycles. The van der Waals surface area contributed by atoms with Gasteiger partial charge >= 0.3 is 0 Å². The van der Waals surface area contributed by atoms with Crippen molar-refractivity contribution in [2.75, 3.05) is 13.1 Å². The number of aromatic nitrogens is 3. The molecule has 1 aromatic heterocycles. The highest BCUT2D eigenvalue weighted by Crippen LogP contribution is 2.23. The summed E-state index contributed by atoms with van der Waals surface area (Å²) in [5.74, 6) is 2.23. The predicted octanol–water partition coefficient (Wildman–Crippen LogP) is 3.03. The van der Waals surface area contributed by atoms with Crippen LogP contribution in [0, 0.1) is 16.6 Å². The van der Waals surface area contributed by atoms with Crippen molar-refractivity contribution in [2.24, 2.45) is 11.8 Å². The maximum absolute atomic E-state index is 9.47. The lowest BCUT2D eigenvalue weighted by Gasteiger charge is -2.33. The largest absolute Gasteiger partial charge is 0.388 e. The molecule has 0 bridgehead atoms. The van der Waals surface area contributed by atoms with Crippen molar-refractivity contribution in [1.29, 1.82) is 0 Å². The van der Waals surface area contributed by atoms with Gasteiger partial charge in [-0.1, -0.05) is 20.8 Å². The van der Waals surface area contributed by atoms with Crippen LogP contribution in [0.4, 0.5) is 0 Å². The van der Waals surface area contributed by atoms with Crippen LogP contribution in [0.3, 0.4) is 0 Å².